The van der Waals surface area contributed by atoms with Gasteiger partial charge in [0.15, 0.2) is 0 Å². The number of para-hydroxylation sites is 2. The third-order valence-electron chi connectivity index (χ3n) is 4.43. The molecule has 0 spiro atoms. The highest BCUT2D eigenvalue weighted by molar-refractivity contribution is 7.94. The number of aromatic nitrogens is 2. The van der Waals surface area contributed by atoms with Crippen LogP contribution in [0.3, 0.4) is 0 Å². The molecule has 3 aromatic carbocycles. The second-order valence-corrected chi connectivity index (χ2v) is 8.57. The third kappa shape index (κ3) is 5.50. The summed E-state index contributed by atoms with van der Waals surface area (Å²) in [6, 6.07) is 17.9. The zero-order valence-corrected chi connectivity index (χ0v) is 17.9. The number of anilines is 2. The van der Waals surface area contributed by atoms with Gasteiger partial charge in [0, 0.05) is 5.69 Å². The number of hydrogen-bond acceptors (Lipinski definition) is 6. The fraction of sp³-hybridized carbons (Fsp3) is 0.0909. The summed E-state index contributed by atoms with van der Waals surface area (Å²) in [5.41, 5.74) is 2.12. The maximum atomic E-state index is 12.8. The number of halogens is 3. The Morgan fingerprint density at radius 3 is 2.09 bits per heavy atom. The van der Waals surface area contributed by atoms with Crippen molar-refractivity contribution in [3.05, 3.63) is 83.1 Å². The molecule has 0 aliphatic heterocycles. The van der Waals surface area contributed by atoms with Crippen molar-refractivity contribution < 1.29 is 26.3 Å². The molecule has 0 fully saturated rings. The van der Waals surface area contributed by atoms with E-state index in [2.05, 4.69) is 24.7 Å². The number of ether oxygens (including phenoxy) is 1. The molecule has 0 atom stereocenters. The lowest BCUT2D eigenvalue weighted by atomic mass is 10.2. The first-order chi connectivity index (χ1) is 15.6. The van der Waals surface area contributed by atoms with Crippen LogP contribution in [0.2, 0.25) is 0 Å². The molecule has 0 bridgehead atoms. The van der Waals surface area contributed by atoms with Crippen LogP contribution in [0.4, 0.5) is 30.5 Å². The largest absolute Gasteiger partial charge is 0.573 e. The smallest absolute Gasteiger partial charge is 0.431 e. The van der Waals surface area contributed by atoms with Crippen LogP contribution in [0.1, 0.15) is 5.56 Å². The number of alkyl halides is 3. The number of sulfonamides is 1. The molecule has 4 rings (SSSR count). The topological polar surface area (TPSA) is 95.3 Å². The van der Waals surface area contributed by atoms with E-state index in [1.165, 1.54) is 24.3 Å². The second kappa shape index (κ2) is 8.58. The van der Waals surface area contributed by atoms with Crippen LogP contribution in [0.25, 0.3) is 15.8 Å². The Hall–Kier alpha value is -3.86. The lowest BCUT2D eigenvalue weighted by molar-refractivity contribution is -0.274. The summed E-state index contributed by atoms with van der Waals surface area (Å²) in [5.74, 6) is -0.566. The Morgan fingerprint density at radius 2 is 1.48 bits per heavy atom. The Balaban J connectivity index is 1.68. The van der Waals surface area contributed by atoms with E-state index >= 15 is 0 Å². The predicted molar refractivity (Wildman–Crippen MR) is 117 cm³/mol. The van der Waals surface area contributed by atoms with Crippen molar-refractivity contribution >= 4 is 38.4 Å². The van der Waals surface area contributed by atoms with Gasteiger partial charge in [-0.2, -0.15) is 0 Å². The quantitative estimate of drug-likeness (QED) is 0.370. The average molecular weight is 473 g/mol. The van der Waals surface area contributed by atoms with Crippen molar-refractivity contribution in [1.82, 2.24) is 9.97 Å². The number of nitrogens with zero attached hydrogens (tertiary/aromatic N) is 3. The Bertz CT molecular complexity index is 1390. The van der Waals surface area contributed by atoms with Gasteiger partial charge in [-0.25, -0.2) is 13.4 Å². The summed E-state index contributed by atoms with van der Waals surface area (Å²) < 4.78 is 70.6. The molecule has 0 saturated heterocycles. The number of fused-ring (bicyclic) bond motifs is 1. The van der Waals surface area contributed by atoms with Crippen molar-refractivity contribution in [2.24, 2.45) is 0 Å². The molecular weight excluding hydrogens is 457 g/mol. The zero-order valence-electron chi connectivity index (χ0n) is 17.0. The minimum absolute atomic E-state index is 0.0114. The Morgan fingerprint density at radius 1 is 0.879 bits per heavy atom. The van der Waals surface area contributed by atoms with Crippen LogP contribution >= 0.6 is 0 Å². The molecule has 1 N–H and O–H groups in total. The molecule has 7 nitrogen and oxygen atoms in total. The summed E-state index contributed by atoms with van der Waals surface area (Å²) in [4.78, 5) is 8.71. The van der Waals surface area contributed by atoms with Crippen molar-refractivity contribution in [2.75, 3.05) is 5.32 Å². The minimum atomic E-state index is -4.81. The SMILES string of the molecule is Cc1ccc(S(=O)(=O)[N-]c2nc3ccccc3nc2Nc2ccc(OC(F)(F)F)cc2)cc1. The van der Waals surface area contributed by atoms with Gasteiger partial charge in [-0.3, -0.25) is 0 Å². The summed E-state index contributed by atoms with van der Waals surface area (Å²) >= 11 is 0. The number of benzene rings is 3. The van der Waals surface area contributed by atoms with Crippen molar-refractivity contribution in [3.63, 3.8) is 0 Å². The van der Waals surface area contributed by atoms with Gasteiger partial charge in [0.2, 0.25) is 10.0 Å². The molecule has 4 aromatic rings. The van der Waals surface area contributed by atoms with Gasteiger partial charge in [0.1, 0.15) is 11.6 Å². The normalized spacial score (nSPS) is 11.9. The summed E-state index contributed by atoms with van der Waals surface area (Å²) in [6.07, 6.45) is -4.81. The van der Waals surface area contributed by atoms with Crippen LogP contribution in [0.15, 0.2) is 77.7 Å². The number of aryl methyl sites for hydroxylation is 1. The van der Waals surface area contributed by atoms with Gasteiger partial charge in [0.05, 0.1) is 10.4 Å². The van der Waals surface area contributed by atoms with E-state index in [-0.39, 0.29) is 16.5 Å². The lowest BCUT2D eigenvalue weighted by Crippen LogP contribution is -2.16. The van der Waals surface area contributed by atoms with E-state index in [0.717, 1.165) is 17.7 Å². The second-order valence-electron chi connectivity index (χ2n) is 6.96. The lowest BCUT2D eigenvalue weighted by Gasteiger charge is -2.21. The molecule has 170 valence electrons. The van der Waals surface area contributed by atoms with E-state index in [4.69, 9.17) is 0 Å². The van der Waals surface area contributed by atoms with E-state index in [1.807, 2.05) is 6.92 Å². The third-order valence-corrected chi connectivity index (χ3v) is 5.71. The van der Waals surface area contributed by atoms with Gasteiger partial charge >= 0.3 is 6.36 Å². The molecule has 33 heavy (non-hydrogen) atoms. The fourth-order valence-electron chi connectivity index (χ4n) is 2.89. The van der Waals surface area contributed by atoms with Crippen LogP contribution in [-0.4, -0.2) is 24.7 Å². The van der Waals surface area contributed by atoms with Crippen LogP contribution < -0.4 is 10.1 Å². The highest BCUT2D eigenvalue weighted by Crippen LogP contribution is 2.35. The van der Waals surface area contributed by atoms with E-state index in [9.17, 15) is 21.6 Å². The molecule has 0 amide bonds. The first-order valence-corrected chi connectivity index (χ1v) is 11.0. The van der Waals surface area contributed by atoms with E-state index in [0.29, 0.717) is 16.7 Å². The summed E-state index contributed by atoms with van der Waals surface area (Å²) in [5, 5.41) is 2.87. The van der Waals surface area contributed by atoms with E-state index in [1.54, 1.807) is 36.4 Å². The standard InChI is InChI=1S/C22H16F3N4O3S/c1-14-6-12-17(13-7-14)33(30,31)29-21-20(27-18-4-2-3-5-19(18)28-21)26-15-8-10-16(11-9-15)32-22(23,24)25/h2-13H,1H3,(H-,26,27,28,29)/q-1. The molecule has 0 aliphatic rings. The van der Waals surface area contributed by atoms with Gasteiger partial charge in [0.25, 0.3) is 0 Å². The van der Waals surface area contributed by atoms with Crippen molar-refractivity contribution in [1.29, 1.82) is 0 Å². The highest BCUT2D eigenvalue weighted by Gasteiger charge is 2.30. The molecule has 0 aliphatic carbocycles. The number of rotatable bonds is 6. The van der Waals surface area contributed by atoms with Crippen molar-refractivity contribution in [3.8, 4) is 5.75 Å². The molecule has 0 unspecified atom stereocenters. The molecule has 0 radical (unpaired) electrons. The van der Waals surface area contributed by atoms with Crippen LogP contribution in [0, 0.1) is 6.92 Å². The molecule has 1 heterocycles. The minimum Gasteiger partial charge on any atom is -0.431 e. The predicted octanol–water partition coefficient (Wildman–Crippen LogP) is 5.97. The maximum Gasteiger partial charge on any atom is 0.573 e. The first-order valence-electron chi connectivity index (χ1n) is 9.53. The number of nitrogens with one attached hydrogen (secondary N) is 1. The van der Waals surface area contributed by atoms with Crippen molar-refractivity contribution in [2.45, 2.75) is 18.2 Å². The van der Waals surface area contributed by atoms with Crippen LogP contribution in [-0.2, 0) is 10.0 Å². The first kappa shape index (κ1) is 22.3. The highest BCUT2D eigenvalue weighted by atomic mass is 32.2. The van der Waals surface area contributed by atoms with Gasteiger partial charge in [-0.05, 0) is 60.7 Å². The van der Waals surface area contributed by atoms with Gasteiger partial charge in [-0.1, -0.05) is 35.9 Å². The molecular formula is C22H16F3N4O3S-. The summed E-state index contributed by atoms with van der Waals surface area (Å²) in [7, 11) is -4.10. The zero-order chi connectivity index (χ0) is 23.6. The maximum absolute atomic E-state index is 12.8. The van der Waals surface area contributed by atoms with Gasteiger partial charge < -0.3 is 19.8 Å². The Labute approximate surface area is 187 Å². The molecule has 11 heteroatoms. The van der Waals surface area contributed by atoms with E-state index < -0.39 is 22.1 Å². The van der Waals surface area contributed by atoms with Crippen LogP contribution in [0.5, 0.6) is 5.75 Å². The Kier molecular flexibility index (Phi) is 5.81. The van der Waals surface area contributed by atoms with Gasteiger partial charge in [-0.15, -0.1) is 13.2 Å². The average Bonchev–Trinajstić information content (AvgIpc) is 2.74. The number of hydrogen-bond donors (Lipinski definition) is 1. The molecule has 1 aromatic heterocycles. The monoisotopic (exact) mass is 473 g/mol. The molecule has 0 saturated carbocycles. The summed E-state index contributed by atoms with van der Waals surface area (Å²) in [6.45, 7) is 1.83. The fourth-order valence-corrected chi connectivity index (χ4v) is 3.83.